The predicted molar refractivity (Wildman–Crippen MR) is 90.9 cm³/mol. The van der Waals surface area contributed by atoms with Gasteiger partial charge in [0, 0.05) is 12.1 Å². The van der Waals surface area contributed by atoms with Gasteiger partial charge in [-0.15, -0.1) is 12.4 Å². The van der Waals surface area contributed by atoms with Crippen LogP contribution in [0.1, 0.15) is 35.5 Å². The second kappa shape index (κ2) is 6.94. The Morgan fingerprint density at radius 1 is 1.32 bits per heavy atom. The number of nitrogens with one attached hydrogen (secondary N) is 1. The molecular formula is C16H23ClN4O. The maximum Gasteiger partial charge on any atom is 0.255 e. The molecule has 0 spiro atoms. The van der Waals surface area contributed by atoms with Gasteiger partial charge in [0.15, 0.2) is 0 Å². The number of benzene rings is 1. The molecule has 1 amide bonds. The van der Waals surface area contributed by atoms with Gasteiger partial charge in [-0.3, -0.25) is 4.79 Å². The predicted octanol–water partition coefficient (Wildman–Crippen LogP) is 2.38. The zero-order chi connectivity index (χ0) is 15.6. The summed E-state index contributed by atoms with van der Waals surface area (Å²) in [6, 6.07) is 7.95. The van der Waals surface area contributed by atoms with Crippen LogP contribution in [0.3, 0.4) is 0 Å². The Morgan fingerprint density at radius 3 is 2.55 bits per heavy atom. The number of nitrogens with zero attached hydrogens (tertiary/aromatic N) is 2. The molecule has 0 bridgehead atoms. The Kier molecular flexibility index (Phi) is 5.74. The Balaban J connectivity index is 0.00000242. The van der Waals surface area contributed by atoms with E-state index < -0.39 is 5.54 Å². The molecule has 0 unspecified atom stereocenters. The molecule has 0 aliphatic carbocycles. The molecule has 0 aliphatic rings. The number of carbonyl (C=O) groups excluding carboxylic acids is 1. The number of hydrogen-bond acceptors (Lipinski definition) is 3. The Bertz CT molecular complexity index is 664. The van der Waals surface area contributed by atoms with Crippen LogP contribution in [0.15, 0.2) is 30.5 Å². The molecule has 0 atom stereocenters. The number of aromatic nitrogens is 2. The molecule has 1 heterocycles. The third-order valence-electron chi connectivity index (χ3n) is 3.56. The fourth-order valence-corrected chi connectivity index (χ4v) is 2.10. The number of aryl methyl sites for hydroxylation is 1. The SMILES string of the molecule is Cc1ccccc1-n1ncc(C(=O)NC(C)(C)CN)c1C.Cl. The molecule has 1 aromatic carbocycles. The maximum absolute atomic E-state index is 12.3. The van der Waals surface area contributed by atoms with Gasteiger partial charge in [-0.25, -0.2) is 4.68 Å². The highest BCUT2D eigenvalue weighted by molar-refractivity contribution is 5.95. The lowest BCUT2D eigenvalue weighted by atomic mass is 10.1. The van der Waals surface area contributed by atoms with Gasteiger partial charge in [-0.05, 0) is 39.3 Å². The average molecular weight is 323 g/mol. The number of para-hydroxylation sites is 1. The third kappa shape index (κ3) is 3.67. The molecule has 0 aliphatic heterocycles. The summed E-state index contributed by atoms with van der Waals surface area (Å²) >= 11 is 0. The number of carbonyl (C=O) groups is 1. The summed E-state index contributed by atoms with van der Waals surface area (Å²) in [6.45, 7) is 8.08. The van der Waals surface area contributed by atoms with Crippen LogP contribution in [0.5, 0.6) is 0 Å². The quantitative estimate of drug-likeness (QED) is 0.907. The molecule has 5 nitrogen and oxygen atoms in total. The van der Waals surface area contributed by atoms with Crippen LogP contribution in [0.25, 0.3) is 5.69 Å². The van der Waals surface area contributed by atoms with Crippen molar-refractivity contribution < 1.29 is 4.79 Å². The highest BCUT2D eigenvalue weighted by Gasteiger charge is 2.22. The van der Waals surface area contributed by atoms with Gasteiger partial charge in [-0.2, -0.15) is 5.10 Å². The molecule has 0 radical (unpaired) electrons. The van der Waals surface area contributed by atoms with Crippen molar-refractivity contribution >= 4 is 18.3 Å². The molecule has 2 aromatic rings. The third-order valence-corrected chi connectivity index (χ3v) is 3.56. The van der Waals surface area contributed by atoms with Gasteiger partial charge in [0.05, 0.1) is 23.1 Å². The molecular weight excluding hydrogens is 300 g/mol. The summed E-state index contributed by atoms with van der Waals surface area (Å²) in [4.78, 5) is 12.3. The zero-order valence-corrected chi connectivity index (χ0v) is 14.2. The van der Waals surface area contributed by atoms with Gasteiger partial charge in [-0.1, -0.05) is 18.2 Å². The van der Waals surface area contributed by atoms with Crippen LogP contribution in [-0.4, -0.2) is 27.8 Å². The maximum atomic E-state index is 12.3. The summed E-state index contributed by atoms with van der Waals surface area (Å²) < 4.78 is 1.79. The minimum Gasteiger partial charge on any atom is -0.346 e. The molecule has 0 saturated carbocycles. The monoisotopic (exact) mass is 322 g/mol. The standard InChI is InChI=1S/C16H22N4O.ClH/c1-11-7-5-6-8-14(11)20-12(2)13(9-18-20)15(21)19-16(3,4)10-17;/h5-9H,10,17H2,1-4H3,(H,19,21);1H. The van der Waals surface area contributed by atoms with Gasteiger partial charge in [0.2, 0.25) is 0 Å². The first-order chi connectivity index (χ1) is 9.85. The van der Waals surface area contributed by atoms with Crippen molar-refractivity contribution in [3.63, 3.8) is 0 Å². The van der Waals surface area contributed by atoms with Crippen molar-refractivity contribution in [2.24, 2.45) is 5.73 Å². The first kappa shape index (κ1) is 18.2. The van der Waals surface area contributed by atoms with Gasteiger partial charge in [0.1, 0.15) is 0 Å². The summed E-state index contributed by atoms with van der Waals surface area (Å²) in [5.74, 6) is -0.150. The lowest BCUT2D eigenvalue weighted by Gasteiger charge is -2.24. The van der Waals surface area contributed by atoms with Gasteiger partial charge >= 0.3 is 0 Å². The molecule has 6 heteroatoms. The van der Waals surface area contributed by atoms with E-state index in [2.05, 4.69) is 10.4 Å². The van der Waals surface area contributed by atoms with Crippen molar-refractivity contribution in [1.29, 1.82) is 0 Å². The van der Waals surface area contributed by atoms with E-state index >= 15 is 0 Å². The van der Waals surface area contributed by atoms with Crippen molar-refractivity contribution in [2.75, 3.05) is 6.54 Å². The lowest BCUT2D eigenvalue weighted by Crippen LogP contribution is -2.48. The highest BCUT2D eigenvalue weighted by atomic mass is 35.5. The van der Waals surface area contributed by atoms with E-state index in [9.17, 15) is 4.79 Å². The lowest BCUT2D eigenvalue weighted by molar-refractivity contribution is 0.0915. The molecule has 0 saturated heterocycles. The summed E-state index contributed by atoms with van der Waals surface area (Å²) in [7, 11) is 0. The van der Waals surface area contributed by atoms with Gasteiger partial charge < -0.3 is 11.1 Å². The fourth-order valence-electron chi connectivity index (χ4n) is 2.10. The van der Waals surface area contributed by atoms with Crippen molar-refractivity contribution in [3.05, 3.63) is 47.3 Å². The molecule has 1 aromatic heterocycles. The second-order valence-corrected chi connectivity index (χ2v) is 5.88. The average Bonchev–Trinajstić information content (AvgIpc) is 2.81. The van der Waals surface area contributed by atoms with E-state index in [1.54, 1.807) is 10.9 Å². The second-order valence-electron chi connectivity index (χ2n) is 5.88. The fraction of sp³-hybridized carbons (Fsp3) is 0.375. The summed E-state index contributed by atoms with van der Waals surface area (Å²) in [6.07, 6.45) is 1.60. The molecule has 0 fully saturated rings. The topological polar surface area (TPSA) is 72.9 Å². The number of nitrogens with two attached hydrogens (primary N) is 1. The molecule has 120 valence electrons. The Labute approximate surface area is 137 Å². The van der Waals surface area contributed by atoms with Crippen LogP contribution < -0.4 is 11.1 Å². The van der Waals surface area contributed by atoms with Crippen molar-refractivity contribution in [2.45, 2.75) is 33.2 Å². The first-order valence-electron chi connectivity index (χ1n) is 6.99. The smallest absolute Gasteiger partial charge is 0.255 e. The van der Waals surface area contributed by atoms with E-state index in [0.717, 1.165) is 16.9 Å². The summed E-state index contributed by atoms with van der Waals surface area (Å²) in [5, 5.41) is 7.27. The zero-order valence-electron chi connectivity index (χ0n) is 13.4. The number of rotatable bonds is 4. The molecule has 2 rings (SSSR count). The van der Waals surface area contributed by atoms with Crippen LogP contribution in [0, 0.1) is 13.8 Å². The molecule has 3 N–H and O–H groups in total. The van der Waals surface area contributed by atoms with Crippen LogP contribution >= 0.6 is 12.4 Å². The molecule has 22 heavy (non-hydrogen) atoms. The number of halogens is 1. The minimum atomic E-state index is -0.436. The largest absolute Gasteiger partial charge is 0.346 e. The highest BCUT2D eigenvalue weighted by Crippen LogP contribution is 2.18. The van der Waals surface area contributed by atoms with Crippen LogP contribution in [-0.2, 0) is 0 Å². The van der Waals surface area contributed by atoms with E-state index in [4.69, 9.17) is 5.73 Å². The number of amides is 1. The Hall–Kier alpha value is -1.85. The first-order valence-corrected chi connectivity index (χ1v) is 6.99. The van der Waals surface area contributed by atoms with E-state index in [-0.39, 0.29) is 18.3 Å². The van der Waals surface area contributed by atoms with E-state index in [1.165, 1.54) is 0 Å². The van der Waals surface area contributed by atoms with Crippen LogP contribution in [0.4, 0.5) is 0 Å². The normalized spacial score (nSPS) is 11.0. The van der Waals surface area contributed by atoms with Crippen LogP contribution in [0.2, 0.25) is 0 Å². The van der Waals surface area contributed by atoms with E-state index in [0.29, 0.717) is 12.1 Å². The van der Waals surface area contributed by atoms with Gasteiger partial charge in [0.25, 0.3) is 5.91 Å². The number of hydrogen-bond donors (Lipinski definition) is 2. The Morgan fingerprint density at radius 2 is 1.95 bits per heavy atom. The van der Waals surface area contributed by atoms with E-state index in [1.807, 2.05) is 52.0 Å². The minimum absolute atomic E-state index is 0. The van der Waals surface area contributed by atoms with Crippen molar-refractivity contribution in [3.8, 4) is 5.69 Å². The van der Waals surface area contributed by atoms with Crippen molar-refractivity contribution in [1.82, 2.24) is 15.1 Å². The summed E-state index contributed by atoms with van der Waals surface area (Å²) in [5.41, 5.74) is 8.69.